The molecule has 2 aromatic rings. The maximum atomic E-state index is 10.3. The number of methoxy groups -OCH3 is 1. The molecule has 7 heteroatoms. The second kappa shape index (κ2) is 9.41. The average molecular weight is 305 g/mol. The van der Waals surface area contributed by atoms with Gasteiger partial charge in [0.2, 0.25) is 11.8 Å². The first-order valence-electron chi connectivity index (χ1n) is 6.58. The molecule has 118 valence electrons. The van der Waals surface area contributed by atoms with Crippen molar-refractivity contribution >= 4 is 5.97 Å². The van der Waals surface area contributed by atoms with Gasteiger partial charge in [-0.15, -0.1) is 10.2 Å². The zero-order valence-electron chi connectivity index (χ0n) is 12.9. The van der Waals surface area contributed by atoms with E-state index >= 15 is 0 Å². The number of hydrogen-bond acceptors (Lipinski definition) is 7. The van der Waals surface area contributed by atoms with E-state index in [9.17, 15) is 4.79 Å². The highest BCUT2D eigenvalue weighted by Gasteiger charge is 2.04. The van der Waals surface area contributed by atoms with Crippen molar-refractivity contribution in [2.45, 2.75) is 13.8 Å². The molecule has 0 radical (unpaired) electrons. The SMILES string of the molecule is C=CC(=O)OCCOC.Cc1ccc(-c2nnc(C)o2)cn1. The lowest BCUT2D eigenvalue weighted by Crippen LogP contribution is -2.06. The molecule has 0 aliphatic heterocycles. The Morgan fingerprint density at radius 3 is 2.59 bits per heavy atom. The second-order valence-corrected chi connectivity index (χ2v) is 4.18. The summed E-state index contributed by atoms with van der Waals surface area (Å²) in [7, 11) is 1.54. The largest absolute Gasteiger partial charge is 0.460 e. The summed E-state index contributed by atoms with van der Waals surface area (Å²) in [5, 5.41) is 7.63. The van der Waals surface area contributed by atoms with Crippen LogP contribution in [0.25, 0.3) is 11.5 Å². The van der Waals surface area contributed by atoms with E-state index in [0.717, 1.165) is 17.3 Å². The van der Waals surface area contributed by atoms with Crippen LogP contribution in [0.3, 0.4) is 0 Å². The summed E-state index contributed by atoms with van der Waals surface area (Å²) in [5.41, 5.74) is 1.83. The van der Waals surface area contributed by atoms with Gasteiger partial charge in [-0.05, 0) is 19.1 Å². The highest BCUT2D eigenvalue weighted by Crippen LogP contribution is 2.15. The lowest BCUT2D eigenvalue weighted by atomic mass is 10.2. The van der Waals surface area contributed by atoms with Gasteiger partial charge in [-0.1, -0.05) is 6.58 Å². The van der Waals surface area contributed by atoms with E-state index < -0.39 is 5.97 Å². The first-order valence-corrected chi connectivity index (χ1v) is 6.58. The van der Waals surface area contributed by atoms with Crippen molar-refractivity contribution in [1.82, 2.24) is 15.2 Å². The van der Waals surface area contributed by atoms with Gasteiger partial charge >= 0.3 is 5.97 Å². The predicted molar refractivity (Wildman–Crippen MR) is 80.0 cm³/mol. The fourth-order valence-electron chi connectivity index (χ4n) is 1.29. The second-order valence-electron chi connectivity index (χ2n) is 4.18. The lowest BCUT2D eigenvalue weighted by molar-refractivity contribution is -0.138. The molecule has 2 aromatic heterocycles. The maximum Gasteiger partial charge on any atom is 0.330 e. The van der Waals surface area contributed by atoms with Crippen molar-refractivity contribution in [2.24, 2.45) is 0 Å². The maximum absolute atomic E-state index is 10.3. The molecular weight excluding hydrogens is 286 g/mol. The van der Waals surface area contributed by atoms with E-state index in [1.807, 2.05) is 19.1 Å². The van der Waals surface area contributed by atoms with Crippen molar-refractivity contribution in [2.75, 3.05) is 20.3 Å². The van der Waals surface area contributed by atoms with Gasteiger partial charge < -0.3 is 13.9 Å². The molecule has 22 heavy (non-hydrogen) atoms. The third-order valence-corrected chi connectivity index (χ3v) is 2.38. The van der Waals surface area contributed by atoms with E-state index in [2.05, 4.69) is 31.2 Å². The summed E-state index contributed by atoms with van der Waals surface area (Å²) in [4.78, 5) is 14.4. The van der Waals surface area contributed by atoms with Crippen LogP contribution in [-0.2, 0) is 14.3 Å². The van der Waals surface area contributed by atoms with Crippen molar-refractivity contribution in [3.8, 4) is 11.5 Å². The first-order chi connectivity index (χ1) is 10.6. The Labute approximate surface area is 129 Å². The zero-order chi connectivity index (χ0) is 16.4. The molecule has 0 unspecified atom stereocenters. The number of carbonyl (C=O) groups excluding carboxylic acids is 1. The van der Waals surface area contributed by atoms with Crippen LogP contribution in [0.1, 0.15) is 11.6 Å². The van der Waals surface area contributed by atoms with Gasteiger partial charge in [0.15, 0.2) is 0 Å². The topological polar surface area (TPSA) is 87.3 Å². The Morgan fingerprint density at radius 1 is 1.32 bits per heavy atom. The minimum absolute atomic E-state index is 0.293. The lowest BCUT2D eigenvalue weighted by Gasteiger charge is -1.98. The molecule has 0 aliphatic rings. The number of rotatable bonds is 5. The Kier molecular flexibility index (Phi) is 7.49. The molecule has 7 nitrogen and oxygen atoms in total. The summed E-state index contributed by atoms with van der Waals surface area (Å²) in [6.07, 6.45) is 2.85. The summed E-state index contributed by atoms with van der Waals surface area (Å²) in [6.45, 7) is 7.64. The van der Waals surface area contributed by atoms with Crippen LogP contribution in [0.15, 0.2) is 35.4 Å². The summed E-state index contributed by atoms with van der Waals surface area (Å²) in [5.74, 6) is 0.674. The summed E-state index contributed by atoms with van der Waals surface area (Å²) < 4.78 is 14.4. The van der Waals surface area contributed by atoms with E-state index in [1.54, 1.807) is 20.2 Å². The van der Waals surface area contributed by atoms with E-state index in [4.69, 9.17) is 4.42 Å². The molecule has 0 fully saturated rings. The molecule has 0 saturated carbocycles. The Hall–Kier alpha value is -2.54. The normalized spacial score (nSPS) is 9.59. The van der Waals surface area contributed by atoms with Crippen LogP contribution in [0.4, 0.5) is 0 Å². The average Bonchev–Trinajstić information content (AvgIpc) is 2.95. The van der Waals surface area contributed by atoms with Gasteiger partial charge in [0.25, 0.3) is 0 Å². The molecule has 0 aromatic carbocycles. The van der Waals surface area contributed by atoms with Gasteiger partial charge in [-0.25, -0.2) is 4.79 Å². The Morgan fingerprint density at radius 2 is 2.09 bits per heavy atom. The molecule has 0 atom stereocenters. The van der Waals surface area contributed by atoms with E-state index in [-0.39, 0.29) is 0 Å². The molecule has 0 aliphatic carbocycles. The predicted octanol–water partition coefficient (Wildman–Crippen LogP) is 2.11. The number of pyridine rings is 1. The number of aromatic nitrogens is 3. The molecular formula is C15H19N3O4. The highest BCUT2D eigenvalue weighted by atomic mass is 16.6. The molecule has 0 bridgehead atoms. The number of aryl methyl sites for hydroxylation is 2. The number of ether oxygens (including phenoxy) is 2. The van der Waals surface area contributed by atoms with Crippen molar-refractivity contribution < 1.29 is 18.7 Å². The van der Waals surface area contributed by atoms with Crippen molar-refractivity contribution in [1.29, 1.82) is 0 Å². The smallest absolute Gasteiger partial charge is 0.330 e. The number of hydrogen-bond donors (Lipinski definition) is 0. The number of esters is 1. The highest BCUT2D eigenvalue weighted by molar-refractivity contribution is 5.81. The number of nitrogens with zero attached hydrogens (tertiary/aromatic N) is 3. The summed E-state index contributed by atoms with van der Waals surface area (Å²) in [6, 6.07) is 3.82. The third kappa shape index (κ3) is 6.27. The van der Waals surface area contributed by atoms with Crippen molar-refractivity contribution in [3.63, 3.8) is 0 Å². The van der Waals surface area contributed by atoms with Gasteiger partial charge in [0.05, 0.1) is 12.2 Å². The fraction of sp³-hybridized carbons (Fsp3) is 0.333. The minimum Gasteiger partial charge on any atom is -0.460 e. The Balaban J connectivity index is 0.000000239. The molecule has 0 N–H and O–H groups in total. The van der Waals surface area contributed by atoms with Crippen LogP contribution in [-0.4, -0.2) is 41.5 Å². The fourth-order valence-corrected chi connectivity index (χ4v) is 1.29. The van der Waals surface area contributed by atoms with Gasteiger partial charge in [0, 0.05) is 32.0 Å². The molecule has 0 saturated heterocycles. The quantitative estimate of drug-likeness (QED) is 0.475. The van der Waals surface area contributed by atoms with Gasteiger partial charge in [0.1, 0.15) is 6.61 Å². The minimum atomic E-state index is -0.410. The van der Waals surface area contributed by atoms with Crippen LogP contribution in [0, 0.1) is 13.8 Å². The van der Waals surface area contributed by atoms with E-state index in [0.29, 0.717) is 25.0 Å². The standard InChI is InChI=1S/C9H9N3O.C6H10O3/c1-6-3-4-8(5-10-6)9-12-11-7(2)13-9;1-3-6(7)9-5-4-8-2/h3-5H,1-2H3;3H,1,4-5H2,2H3. The monoisotopic (exact) mass is 305 g/mol. The molecule has 2 rings (SSSR count). The van der Waals surface area contributed by atoms with Crippen LogP contribution in [0.2, 0.25) is 0 Å². The van der Waals surface area contributed by atoms with E-state index in [1.165, 1.54) is 0 Å². The summed E-state index contributed by atoms with van der Waals surface area (Å²) >= 11 is 0. The van der Waals surface area contributed by atoms with Crippen LogP contribution in [0.5, 0.6) is 0 Å². The molecule has 2 heterocycles. The van der Waals surface area contributed by atoms with Crippen molar-refractivity contribution in [3.05, 3.63) is 42.6 Å². The Bertz CT molecular complexity index is 593. The number of carbonyl (C=O) groups is 1. The van der Waals surface area contributed by atoms with Gasteiger partial charge in [-0.2, -0.15) is 0 Å². The first kappa shape index (κ1) is 17.5. The van der Waals surface area contributed by atoms with Crippen LogP contribution < -0.4 is 0 Å². The zero-order valence-corrected chi connectivity index (χ0v) is 12.9. The third-order valence-electron chi connectivity index (χ3n) is 2.38. The van der Waals surface area contributed by atoms with Crippen LogP contribution >= 0.6 is 0 Å². The molecule has 0 spiro atoms. The van der Waals surface area contributed by atoms with Gasteiger partial charge in [-0.3, -0.25) is 4.98 Å². The molecule has 0 amide bonds.